The topological polar surface area (TPSA) is 93.6 Å². The van der Waals surface area contributed by atoms with E-state index in [0.29, 0.717) is 30.2 Å². The van der Waals surface area contributed by atoms with Gasteiger partial charge in [-0.3, -0.25) is 14.6 Å². The molecule has 0 aromatic carbocycles. The summed E-state index contributed by atoms with van der Waals surface area (Å²) in [7, 11) is 0. The fourth-order valence-corrected chi connectivity index (χ4v) is 3.06. The maximum Gasteiger partial charge on any atom is 0.262 e. The first-order valence-corrected chi connectivity index (χ1v) is 8.40. The van der Waals surface area contributed by atoms with Crippen molar-refractivity contribution in [2.75, 3.05) is 25.0 Å². The Bertz CT molecular complexity index is 870. The summed E-state index contributed by atoms with van der Waals surface area (Å²) in [5.74, 6) is 0.664. The Kier molecular flexibility index (Phi) is 4.16. The van der Waals surface area contributed by atoms with Gasteiger partial charge in [-0.25, -0.2) is 4.98 Å². The molecule has 1 atom stereocenters. The molecule has 0 spiro atoms. The van der Waals surface area contributed by atoms with Crippen LogP contribution in [0.1, 0.15) is 22.5 Å². The summed E-state index contributed by atoms with van der Waals surface area (Å²) < 4.78 is 11.2. The van der Waals surface area contributed by atoms with E-state index in [1.54, 1.807) is 17.2 Å². The van der Waals surface area contributed by atoms with Crippen LogP contribution in [0.2, 0.25) is 0 Å². The lowest BCUT2D eigenvalue weighted by atomic mass is 10.2. The second kappa shape index (κ2) is 6.62. The second-order valence-electron chi connectivity index (χ2n) is 6.28. The average Bonchev–Trinajstić information content (AvgIpc) is 3.11. The van der Waals surface area contributed by atoms with Crippen molar-refractivity contribution in [3.05, 3.63) is 41.9 Å². The van der Waals surface area contributed by atoms with Crippen molar-refractivity contribution in [1.82, 2.24) is 14.9 Å². The number of nitrogens with zero attached hydrogens (tertiary/aromatic N) is 3. The van der Waals surface area contributed by atoms with Crippen LogP contribution in [0, 0.1) is 6.92 Å². The number of carbonyl (C=O) groups excluding carboxylic acids is 2. The molecule has 1 N–H and O–H groups in total. The molecule has 1 unspecified atom stereocenters. The molecule has 0 aliphatic carbocycles. The molecular weight excluding hydrogens is 336 g/mol. The van der Waals surface area contributed by atoms with E-state index in [0.717, 1.165) is 17.9 Å². The molecule has 2 aromatic rings. The first-order valence-electron chi connectivity index (χ1n) is 8.40. The van der Waals surface area contributed by atoms with Crippen LogP contribution in [0.15, 0.2) is 30.6 Å². The molecular formula is C18H18N4O4. The fraction of sp³-hybridized carbons (Fsp3) is 0.333. The summed E-state index contributed by atoms with van der Waals surface area (Å²) >= 11 is 0. The van der Waals surface area contributed by atoms with Crippen molar-refractivity contribution in [3.8, 4) is 11.6 Å². The first kappa shape index (κ1) is 16.3. The van der Waals surface area contributed by atoms with Crippen LogP contribution in [0.25, 0.3) is 0 Å². The van der Waals surface area contributed by atoms with Gasteiger partial charge in [0.1, 0.15) is 17.5 Å². The number of anilines is 1. The minimum Gasteiger partial charge on any atom is -0.487 e. The van der Waals surface area contributed by atoms with Gasteiger partial charge in [0, 0.05) is 25.4 Å². The normalized spacial score (nSPS) is 18.7. The Labute approximate surface area is 150 Å². The molecule has 134 valence electrons. The number of rotatable bonds is 3. The smallest absolute Gasteiger partial charge is 0.262 e. The van der Waals surface area contributed by atoms with Crippen molar-refractivity contribution >= 4 is 17.5 Å². The molecule has 8 heteroatoms. The van der Waals surface area contributed by atoms with Crippen LogP contribution in [0.3, 0.4) is 0 Å². The molecule has 1 saturated heterocycles. The van der Waals surface area contributed by atoms with Gasteiger partial charge in [0.2, 0.25) is 5.88 Å². The second-order valence-corrected chi connectivity index (χ2v) is 6.28. The number of aromatic nitrogens is 2. The molecule has 4 heterocycles. The molecule has 0 bridgehead atoms. The highest BCUT2D eigenvalue weighted by atomic mass is 16.5. The predicted octanol–water partition coefficient (Wildman–Crippen LogP) is 1.41. The number of hydrogen-bond donors (Lipinski definition) is 1. The molecule has 2 amide bonds. The van der Waals surface area contributed by atoms with Gasteiger partial charge in [-0.2, -0.15) is 0 Å². The van der Waals surface area contributed by atoms with E-state index in [1.165, 1.54) is 6.20 Å². The van der Waals surface area contributed by atoms with Crippen LogP contribution in [-0.4, -0.2) is 52.5 Å². The predicted molar refractivity (Wildman–Crippen MR) is 92.3 cm³/mol. The molecule has 8 nitrogen and oxygen atoms in total. The van der Waals surface area contributed by atoms with E-state index < -0.39 is 0 Å². The van der Waals surface area contributed by atoms with Gasteiger partial charge in [0.05, 0.1) is 17.8 Å². The largest absolute Gasteiger partial charge is 0.487 e. The van der Waals surface area contributed by atoms with Crippen LogP contribution < -0.4 is 14.8 Å². The number of amides is 2. The fourth-order valence-electron chi connectivity index (χ4n) is 3.06. The number of carbonyl (C=O) groups is 2. The van der Waals surface area contributed by atoms with Gasteiger partial charge in [0.15, 0.2) is 6.61 Å². The molecule has 4 rings (SSSR count). The van der Waals surface area contributed by atoms with Gasteiger partial charge in [-0.15, -0.1) is 0 Å². The van der Waals surface area contributed by atoms with Crippen molar-refractivity contribution in [2.24, 2.45) is 0 Å². The van der Waals surface area contributed by atoms with Crippen molar-refractivity contribution in [2.45, 2.75) is 19.4 Å². The highest BCUT2D eigenvalue weighted by Gasteiger charge is 2.29. The van der Waals surface area contributed by atoms with E-state index in [9.17, 15) is 9.59 Å². The Balaban J connectivity index is 1.44. The summed E-state index contributed by atoms with van der Waals surface area (Å²) in [4.78, 5) is 34.2. The minimum atomic E-state index is -0.259. The Morgan fingerprint density at radius 1 is 1.42 bits per heavy atom. The van der Waals surface area contributed by atoms with E-state index in [2.05, 4.69) is 15.3 Å². The molecule has 2 aromatic heterocycles. The molecule has 26 heavy (non-hydrogen) atoms. The maximum absolute atomic E-state index is 12.7. The summed E-state index contributed by atoms with van der Waals surface area (Å²) in [6.07, 6.45) is 3.87. The van der Waals surface area contributed by atoms with Crippen LogP contribution in [0.5, 0.6) is 11.6 Å². The van der Waals surface area contributed by atoms with Crippen molar-refractivity contribution < 1.29 is 19.1 Å². The number of fused-ring (bicyclic) bond motifs is 1. The zero-order valence-electron chi connectivity index (χ0n) is 14.3. The van der Waals surface area contributed by atoms with E-state index >= 15 is 0 Å². The zero-order chi connectivity index (χ0) is 18.1. The minimum absolute atomic E-state index is 0.0633. The summed E-state index contributed by atoms with van der Waals surface area (Å²) in [6, 6.07) is 5.30. The van der Waals surface area contributed by atoms with Gasteiger partial charge in [-0.1, -0.05) is 0 Å². The third-order valence-corrected chi connectivity index (χ3v) is 4.40. The molecule has 2 aliphatic heterocycles. The van der Waals surface area contributed by atoms with Gasteiger partial charge in [0.25, 0.3) is 11.8 Å². The molecule has 2 aliphatic rings. The van der Waals surface area contributed by atoms with Gasteiger partial charge >= 0.3 is 0 Å². The zero-order valence-corrected chi connectivity index (χ0v) is 14.3. The van der Waals surface area contributed by atoms with Crippen LogP contribution >= 0.6 is 0 Å². The number of nitrogens with one attached hydrogen (secondary N) is 1. The SMILES string of the molecule is Cc1ncccc1OC1CCN(C(=O)c2cnc3c(c2)NC(=O)CO3)C1. The van der Waals surface area contributed by atoms with E-state index in [4.69, 9.17) is 9.47 Å². The molecule has 0 saturated carbocycles. The third-order valence-electron chi connectivity index (χ3n) is 4.40. The Hall–Kier alpha value is -3.16. The van der Waals surface area contributed by atoms with Crippen molar-refractivity contribution in [1.29, 1.82) is 0 Å². The van der Waals surface area contributed by atoms with Gasteiger partial charge < -0.3 is 19.7 Å². The lowest BCUT2D eigenvalue weighted by Gasteiger charge is -2.20. The summed E-state index contributed by atoms with van der Waals surface area (Å²) in [5, 5.41) is 2.66. The van der Waals surface area contributed by atoms with Crippen LogP contribution in [-0.2, 0) is 4.79 Å². The van der Waals surface area contributed by atoms with Crippen LogP contribution in [0.4, 0.5) is 5.69 Å². The lowest BCUT2D eigenvalue weighted by Crippen LogP contribution is -2.32. The number of ether oxygens (including phenoxy) is 2. The standard InChI is InChI=1S/C18H18N4O4/c1-11-15(3-2-5-19-11)26-13-4-6-22(9-13)18(24)12-7-14-17(20-8-12)25-10-16(23)21-14/h2-3,5,7-8,13H,4,6,9-10H2,1H3,(H,21,23). The average molecular weight is 354 g/mol. The first-order chi connectivity index (χ1) is 12.6. The van der Waals surface area contributed by atoms with E-state index in [-0.39, 0.29) is 24.5 Å². The number of likely N-dealkylation sites (tertiary alicyclic amines) is 1. The quantitative estimate of drug-likeness (QED) is 0.896. The Morgan fingerprint density at radius 2 is 2.31 bits per heavy atom. The lowest BCUT2D eigenvalue weighted by molar-refractivity contribution is -0.118. The monoisotopic (exact) mass is 354 g/mol. The summed E-state index contributed by atoms with van der Waals surface area (Å²) in [6.45, 7) is 2.92. The van der Waals surface area contributed by atoms with Gasteiger partial charge in [-0.05, 0) is 25.1 Å². The van der Waals surface area contributed by atoms with E-state index in [1.807, 2.05) is 19.1 Å². The summed E-state index contributed by atoms with van der Waals surface area (Å²) in [5.41, 5.74) is 1.66. The molecule has 0 radical (unpaired) electrons. The molecule has 1 fully saturated rings. The third kappa shape index (κ3) is 3.17. The number of aryl methyl sites for hydroxylation is 1. The number of hydrogen-bond acceptors (Lipinski definition) is 6. The highest BCUT2D eigenvalue weighted by molar-refractivity contribution is 5.99. The van der Waals surface area contributed by atoms with Crippen molar-refractivity contribution in [3.63, 3.8) is 0 Å². The highest BCUT2D eigenvalue weighted by Crippen LogP contribution is 2.27. The Morgan fingerprint density at radius 3 is 3.15 bits per heavy atom. The maximum atomic E-state index is 12.7. The number of pyridine rings is 2.